The quantitative estimate of drug-likeness (QED) is 0.925. The third-order valence-electron chi connectivity index (χ3n) is 2.27. The van der Waals surface area contributed by atoms with E-state index in [0.29, 0.717) is 17.8 Å². The van der Waals surface area contributed by atoms with Gasteiger partial charge in [0.1, 0.15) is 6.07 Å². The number of halogens is 2. The molecule has 0 saturated carbocycles. The number of nitrogens with one attached hydrogen (secondary N) is 1. The second kappa shape index (κ2) is 5.30. The summed E-state index contributed by atoms with van der Waals surface area (Å²) in [5.74, 6) is -0.431. The van der Waals surface area contributed by atoms with Gasteiger partial charge in [-0.25, -0.2) is 4.39 Å². The Labute approximate surface area is 111 Å². The number of thiophene rings is 1. The molecule has 0 unspecified atom stereocenters. The lowest BCUT2D eigenvalue weighted by atomic mass is 10.2. The highest BCUT2D eigenvalue weighted by molar-refractivity contribution is 9.10. The summed E-state index contributed by atoms with van der Waals surface area (Å²) in [5.41, 5.74) is 1.79. The van der Waals surface area contributed by atoms with Crippen LogP contribution in [0.5, 0.6) is 0 Å². The summed E-state index contributed by atoms with van der Waals surface area (Å²) in [7, 11) is 0. The molecule has 1 heterocycles. The average Bonchev–Trinajstić information content (AvgIpc) is 2.84. The summed E-state index contributed by atoms with van der Waals surface area (Å²) in [6, 6.07) is 7.06. The molecule has 0 amide bonds. The third-order valence-corrected chi connectivity index (χ3v) is 3.77. The van der Waals surface area contributed by atoms with Gasteiger partial charge in [0.25, 0.3) is 0 Å². The van der Waals surface area contributed by atoms with Gasteiger partial charge in [-0.2, -0.15) is 16.6 Å². The first-order valence-corrected chi connectivity index (χ1v) is 6.59. The van der Waals surface area contributed by atoms with Gasteiger partial charge in [-0.1, -0.05) is 0 Å². The summed E-state index contributed by atoms with van der Waals surface area (Å²) in [4.78, 5) is 0. The number of rotatable bonds is 3. The van der Waals surface area contributed by atoms with Crippen molar-refractivity contribution in [2.75, 3.05) is 5.32 Å². The van der Waals surface area contributed by atoms with Crippen LogP contribution < -0.4 is 5.32 Å². The zero-order valence-corrected chi connectivity index (χ0v) is 11.1. The number of hydrogen-bond donors (Lipinski definition) is 1. The lowest BCUT2D eigenvalue weighted by molar-refractivity contribution is 0.623. The van der Waals surface area contributed by atoms with Crippen molar-refractivity contribution in [1.82, 2.24) is 0 Å². The van der Waals surface area contributed by atoms with Crippen LogP contribution in [0.25, 0.3) is 0 Å². The van der Waals surface area contributed by atoms with Crippen LogP contribution in [-0.4, -0.2) is 0 Å². The van der Waals surface area contributed by atoms with E-state index in [2.05, 4.69) is 21.2 Å². The normalized spacial score (nSPS) is 9.94. The molecule has 2 aromatic rings. The maximum Gasteiger partial charge on any atom is 0.161 e. The number of nitriles is 1. The summed E-state index contributed by atoms with van der Waals surface area (Å²) in [6.45, 7) is 0.568. The van der Waals surface area contributed by atoms with Crippen molar-refractivity contribution in [3.05, 3.63) is 50.4 Å². The second-order valence-corrected chi connectivity index (χ2v) is 4.96. The van der Waals surface area contributed by atoms with Crippen molar-refractivity contribution in [2.45, 2.75) is 6.54 Å². The van der Waals surface area contributed by atoms with E-state index >= 15 is 0 Å². The Morgan fingerprint density at radius 3 is 2.88 bits per heavy atom. The molecule has 0 atom stereocenters. The molecular weight excluding hydrogens is 303 g/mol. The summed E-state index contributed by atoms with van der Waals surface area (Å²) >= 11 is 4.68. The van der Waals surface area contributed by atoms with Gasteiger partial charge in [0.2, 0.25) is 0 Å². The van der Waals surface area contributed by atoms with Crippen LogP contribution >= 0.6 is 27.3 Å². The van der Waals surface area contributed by atoms with E-state index < -0.39 is 5.82 Å². The van der Waals surface area contributed by atoms with Crippen LogP contribution in [-0.2, 0) is 6.54 Å². The SMILES string of the molecule is N#Cc1ccc(NCc2ccsc2)c(F)c1Br. The van der Waals surface area contributed by atoms with Gasteiger partial charge < -0.3 is 5.32 Å². The first-order valence-electron chi connectivity index (χ1n) is 4.85. The van der Waals surface area contributed by atoms with Crippen molar-refractivity contribution >= 4 is 33.0 Å². The van der Waals surface area contributed by atoms with Gasteiger partial charge in [0.15, 0.2) is 5.82 Å². The highest BCUT2D eigenvalue weighted by Crippen LogP contribution is 2.26. The van der Waals surface area contributed by atoms with E-state index in [9.17, 15) is 4.39 Å². The predicted octanol–water partition coefficient (Wildman–Crippen LogP) is 4.13. The summed E-state index contributed by atoms with van der Waals surface area (Å²) in [6.07, 6.45) is 0. The molecule has 1 aromatic heterocycles. The molecule has 2 nitrogen and oxygen atoms in total. The maximum atomic E-state index is 13.8. The molecule has 86 valence electrons. The van der Waals surface area contributed by atoms with E-state index in [1.807, 2.05) is 22.9 Å². The first-order chi connectivity index (χ1) is 8.22. The lowest BCUT2D eigenvalue weighted by Crippen LogP contribution is -2.01. The molecule has 1 aromatic carbocycles. The van der Waals surface area contributed by atoms with Crippen LogP contribution in [0.3, 0.4) is 0 Å². The van der Waals surface area contributed by atoms with Crippen molar-refractivity contribution in [2.24, 2.45) is 0 Å². The first kappa shape index (κ1) is 12.1. The standard InChI is InChI=1S/C12H8BrFN2S/c13-11-9(5-15)1-2-10(12(11)14)16-6-8-3-4-17-7-8/h1-4,7,16H,6H2. The third kappa shape index (κ3) is 2.65. The van der Waals surface area contributed by atoms with Crippen molar-refractivity contribution < 1.29 is 4.39 Å². The number of benzene rings is 1. The van der Waals surface area contributed by atoms with Crippen LogP contribution in [0.15, 0.2) is 33.4 Å². The molecule has 0 aliphatic heterocycles. The van der Waals surface area contributed by atoms with Crippen molar-refractivity contribution in [3.63, 3.8) is 0 Å². The van der Waals surface area contributed by atoms with E-state index in [4.69, 9.17) is 5.26 Å². The Bertz CT molecular complexity index is 561. The number of hydrogen-bond acceptors (Lipinski definition) is 3. The Morgan fingerprint density at radius 1 is 1.41 bits per heavy atom. The molecule has 0 radical (unpaired) electrons. The molecule has 0 fully saturated rings. The fourth-order valence-corrected chi connectivity index (χ4v) is 2.47. The molecule has 0 aliphatic rings. The van der Waals surface area contributed by atoms with Gasteiger partial charge in [-0.15, -0.1) is 0 Å². The summed E-state index contributed by atoms with van der Waals surface area (Å²) < 4.78 is 14.0. The maximum absolute atomic E-state index is 13.8. The molecule has 1 N–H and O–H groups in total. The van der Waals surface area contributed by atoms with Crippen molar-refractivity contribution in [1.29, 1.82) is 5.26 Å². The van der Waals surface area contributed by atoms with Crippen LogP contribution in [0.1, 0.15) is 11.1 Å². The average molecular weight is 311 g/mol. The zero-order chi connectivity index (χ0) is 12.3. The fraction of sp³-hybridized carbons (Fsp3) is 0.0833. The Balaban J connectivity index is 2.17. The molecule has 5 heteroatoms. The molecule has 0 spiro atoms. The van der Waals surface area contributed by atoms with Gasteiger partial charge in [-0.05, 0) is 50.5 Å². The molecule has 17 heavy (non-hydrogen) atoms. The molecule has 0 aliphatic carbocycles. The predicted molar refractivity (Wildman–Crippen MR) is 70.5 cm³/mol. The van der Waals surface area contributed by atoms with Gasteiger partial charge in [-0.3, -0.25) is 0 Å². The number of nitrogens with zero attached hydrogens (tertiary/aromatic N) is 1. The number of anilines is 1. The van der Waals surface area contributed by atoms with Crippen molar-refractivity contribution in [3.8, 4) is 6.07 Å². The monoisotopic (exact) mass is 310 g/mol. The minimum absolute atomic E-state index is 0.204. The topological polar surface area (TPSA) is 35.8 Å². The minimum atomic E-state index is -0.431. The second-order valence-electron chi connectivity index (χ2n) is 3.39. The highest BCUT2D eigenvalue weighted by atomic mass is 79.9. The minimum Gasteiger partial charge on any atom is -0.379 e. The Morgan fingerprint density at radius 2 is 2.24 bits per heavy atom. The largest absolute Gasteiger partial charge is 0.379 e. The van der Waals surface area contributed by atoms with Crippen LogP contribution in [0.4, 0.5) is 10.1 Å². The van der Waals surface area contributed by atoms with Crippen LogP contribution in [0, 0.1) is 17.1 Å². The van der Waals surface area contributed by atoms with Gasteiger partial charge >= 0.3 is 0 Å². The summed E-state index contributed by atoms with van der Waals surface area (Å²) in [5, 5.41) is 15.7. The smallest absolute Gasteiger partial charge is 0.161 e. The Hall–Kier alpha value is -1.38. The lowest BCUT2D eigenvalue weighted by Gasteiger charge is -2.08. The van der Waals surface area contributed by atoms with Crippen LogP contribution in [0.2, 0.25) is 0 Å². The highest BCUT2D eigenvalue weighted by Gasteiger charge is 2.10. The van der Waals surface area contributed by atoms with E-state index in [1.54, 1.807) is 23.5 Å². The van der Waals surface area contributed by atoms with E-state index in [0.717, 1.165) is 5.56 Å². The molecule has 0 saturated heterocycles. The van der Waals surface area contributed by atoms with E-state index in [1.165, 1.54) is 0 Å². The Kier molecular flexibility index (Phi) is 3.77. The fourth-order valence-electron chi connectivity index (χ4n) is 1.36. The molecule has 2 rings (SSSR count). The molecule has 0 bridgehead atoms. The van der Waals surface area contributed by atoms with Gasteiger partial charge in [0.05, 0.1) is 15.7 Å². The zero-order valence-electron chi connectivity index (χ0n) is 8.71. The molecular formula is C12H8BrFN2S. The van der Waals surface area contributed by atoms with Gasteiger partial charge in [0, 0.05) is 6.54 Å². The van der Waals surface area contributed by atoms with E-state index in [-0.39, 0.29) is 4.47 Å².